The first-order valence-corrected chi connectivity index (χ1v) is 15.8. The van der Waals surface area contributed by atoms with Crippen LogP contribution in [0.3, 0.4) is 0 Å². The molecule has 0 aliphatic carbocycles. The second-order valence-electron chi connectivity index (χ2n) is 10.9. The molecule has 42 heavy (non-hydrogen) atoms. The van der Waals surface area contributed by atoms with Crippen molar-refractivity contribution in [3.05, 3.63) is 77.9 Å². The lowest BCUT2D eigenvalue weighted by Gasteiger charge is -2.41. The van der Waals surface area contributed by atoms with Gasteiger partial charge in [-0.25, -0.2) is 8.42 Å². The Balaban J connectivity index is 1.02. The highest BCUT2D eigenvalue weighted by Gasteiger charge is 2.33. The fourth-order valence-electron chi connectivity index (χ4n) is 6.17. The molecule has 3 heterocycles. The Morgan fingerprint density at radius 2 is 1.48 bits per heavy atom. The van der Waals surface area contributed by atoms with Crippen molar-refractivity contribution in [1.29, 1.82) is 0 Å². The Morgan fingerprint density at radius 1 is 0.810 bits per heavy atom. The van der Waals surface area contributed by atoms with Gasteiger partial charge in [-0.15, -0.1) is 0 Å². The van der Waals surface area contributed by atoms with Crippen LogP contribution in [0.1, 0.15) is 46.4 Å². The number of nitrogens with zero attached hydrogens (tertiary/aromatic N) is 2. The van der Waals surface area contributed by atoms with Crippen LogP contribution < -0.4 is 14.2 Å². The number of Topliss-reactive ketones (excluding diaryl/α,β-unsaturated/α-hetero) is 1. The maximum absolute atomic E-state index is 13.3. The van der Waals surface area contributed by atoms with Gasteiger partial charge in [0.25, 0.3) is 5.91 Å². The number of methoxy groups -OCH3 is 1. The summed E-state index contributed by atoms with van der Waals surface area (Å²) in [6.07, 6.45) is 3.32. The van der Waals surface area contributed by atoms with Gasteiger partial charge >= 0.3 is 0 Å². The van der Waals surface area contributed by atoms with E-state index in [4.69, 9.17) is 14.2 Å². The average Bonchev–Trinajstić information content (AvgIpc) is 3.53. The zero-order valence-electron chi connectivity index (χ0n) is 23.5. The van der Waals surface area contributed by atoms with Gasteiger partial charge < -0.3 is 24.0 Å². The number of ketones is 1. The Bertz CT molecular complexity index is 1570. The number of piperidine rings is 2. The summed E-state index contributed by atoms with van der Waals surface area (Å²) in [6, 6.07) is 18.5. The van der Waals surface area contributed by atoms with Crippen molar-refractivity contribution in [2.24, 2.45) is 5.92 Å². The van der Waals surface area contributed by atoms with Crippen LogP contribution in [-0.4, -0.2) is 76.0 Å². The van der Waals surface area contributed by atoms with Gasteiger partial charge in [0, 0.05) is 36.7 Å². The molecule has 0 radical (unpaired) electrons. The van der Waals surface area contributed by atoms with Crippen LogP contribution >= 0.6 is 0 Å². The molecule has 0 saturated carbocycles. The molecule has 3 aromatic carbocycles. The fraction of sp³-hybridized carbons (Fsp3) is 0.375. The standard InChI is InChI=1S/C32H34N2O7S/c1-39-28-5-3-2-4-27(28)32(36)34-18-14-24(15-19-34)33-16-12-23(13-17-33)31(35)22-6-8-25(9-7-22)42(37,38)26-10-11-29-30(20-26)41-21-40-29/h2-11,20,23-24H,12-19,21H2,1H3. The number of carbonyl (C=O) groups excluding carboxylic acids is 2. The summed E-state index contributed by atoms with van der Waals surface area (Å²) in [5.41, 5.74) is 1.12. The number of amides is 1. The highest BCUT2D eigenvalue weighted by molar-refractivity contribution is 7.91. The quantitative estimate of drug-likeness (QED) is 0.372. The summed E-state index contributed by atoms with van der Waals surface area (Å²) in [5.74, 6) is 1.48. The molecule has 0 spiro atoms. The van der Waals surface area contributed by atoms with Gasteiger partial charge in [0.2, 0.25) is 16.6 Å². The minimum atomic E-state index is -3.76. The molecule has 9 nitrogen and oxygen atoms in total. The summed E-state index contributed by atoms with van der Waals surface area (Å²) in [4.78, 5) is 31.0. The maximum Gasteiger partial charge on any atom is 0.257 e. The second kappa shape index (κ2) is 11.8. The first-order valence-electron chi connectivity index (χ1n) is 14.3. The fourth-order valence-corrected chi connectivity index (χ4v) is 7.44. The van der Waals surface area contributed by atoms with Crippen molar-refractivity contribution in [3.63, 3.8) is 0 Å². The number of sulfone groups is 1. The summed E-state index contributed by atoms with van der Waals surface area (Å²) in [7, 11) is -2.18. The number of ether oxygens (including phenoxy) is 3. The number of hydrogen-bond acceptors (Lipinski definition) is 8. The molecule has 0 atom stereocenters. The van der Waals surface area contributed by atoms with E-state index in [1.165, 1.54) is 24.3 Å². The topological polar surface area (TPSA) is 102 Å². The highest BCUT2D eigenvalue weighted by atomic mass is 32.2. The molecule has 220 valence electrons. The predicted molar refractivity (Wildman–Crippen MR) is 155 cm³/mol. The van der Waals surface area contributed by atoms with Crippen molar-refractivity contribution < 1.29 is 32.2 Å². The van der Waals surface area contributed by atoms with E-state index < -0.39 is 9.84 Å². The molecular weight excluding hydrogens is 556 g/mol. The number of hydrogen-bond donors (Lipinski definition) is 0. The van der Waals surface area contributed by atoms with Crippen LogP contribution in [0.4, 0.5) is 0 Å². The van der Waals surface area contributed by atoms with E-state index in [2.05, 4.69) is 4.90 Å². The van der Waals surface area contributed by atoms with E-state index in [1.807, 2.05) is 23.1 Å². The van der Waals surface area contributed by atoms with Crippen LogP contribution in [0.15, 0.2) is 76.5 Å². The lowest BCUT2D eigenvalue weighted by atomic mass is 9.87. The number of fused-ring (bicyclic) bond motifs is 1. The van der Waals surface area contributed by atoms with Gasteiger partial charge in [-0.05, 0) is 75.2 Å². The third-order valence-corrected chi connectivity index (χ3v) is 10.4. The first-order chi connectivity index (χ1) is 20.3. The Labute approximate surface area is 245 Å². The first kappa shape index (κ1) is 28.2. The molecule has 2 fully saturated rings. The molecule has 3 aliphatic rings. The van der Waals surface area contributed by atoms with E-state index >= 15 is 0 Å². The van der Waals surface area contributed by atoms with Crippen molar-refractivity contribution in [2.45, 2.75) is 41.5 Å². The smallest absolute Gasteiger partial charge is 0.257 e. The van der Waals surface area contributed by atoms with Gasteiger partial charge in [0.15, 0.2) is 17.3 Å². The van der Waals surface area contributed by atoms with Crippen LogP contribution in [0, 0.1) is 5.92 Å². The van der Waals surface area contributed by atoms with E-state index in [0.29, 0.717) is 47.5 Å². The third kappa shape index (κ3) is 5.48. The summed E-state index contributed by atoms with van der Waals surface area (Å²) in [5, 5.41) is 0. The number of benzene rings is 3. The SMILES string of the molecule is COc1ccccc1C(=O)N1CCC(N2CCC(C(=O)c3ccc(S(=O)(=O)c4ccc5c(c4)OCO5)cc3)CC2)CC1. The minimum Gasteiger partial charge on any atom is -0.496 e. The van der Waals surface area contributed by atoms with E-state index in [9.17, 15) is 18.0 Å². The monoisotopic (exact) mass is 590 g/mol. The van der Waals surface area contributed by atoms with Crippen LogP contribution in [0.25, 0.3) is 0 Å². The van der Waals surface area contributed by atoms with Crippen molar-refractivity contribution in [2.75, 3.05) is 40.1 Å². The molecule has 0 unspecified atom stereocenters. The third-order valence-electron chi connectivity index (χ3n) is 8.61. The lowest BCUT2D eigenvalue weighted by molar-refractivity contribution is 0.0525. The summed E-state index contributed by atoms with van der Waals surface area (Å²) >= 11 is 0. The van der Waals surface area contributed by atoms with Crippen molar-refractivity contribution >= 4 is 21.5 Å². The van der Waals surface area contributed by atoms with E-state index in [-0.39, 0.29) is 34.2 Å². The molecule has 3 aromatic rings. The minimum absolute atomic E-state index is 0.00455. The van der Waals surface area contributed by atoms with Crippen LogP contribution in [0.2, 0.25) is 0 Å². The van der Waals surface area contributed by atoms with Gasteiger partial charge in [0.1, 0.15) is 5.75 Å². The molecule has 0 bridgehead atoms. The van der Waals surface area contributed by atoms with Gasteiger partial charge in [-0.3, -0.25) is 9.59 Å². The Hall–Kier alpha value is -3.89. The average molecular weight is 591 g/mol. The molecule has 2 saturated heterocycles. The van der Waals surface area contributed by atoms with Crippen LogP contribution in [-0.2, 0) is 9.84 Å². The zero-order valence-corrected chi connectivity index (χ0v) is 24.3. The molecular formula is C32H34N2O7S. The molecule has 1 amide bonds. The summed E-state index contributed by atoms with van der Waals surface area (Å²) in [6.45, 7) is 3.12. The Morgan fingerprint density at radius 3 is 2.19 bits per heavy atom. The maximum atomic E-state index is 13.3. The number of rotatable bonds is 7. The zero-order chi connectivity index (χ0) is 29.3. The number of likely N-dealkylation sites (tertiary alicyclic amines) is 2. The summed E-state index contributed by atoms with van der Waals surface area (Å²) < 4.78 is 42.3. The van der Waals surface area contributed by atoms with E-state index in [1.54, 1.807) is 31.4 Å². The number of carbonyl (C=O) groups is 2. The Kier molecular flexibility index (Phi) is 7.92. The van der Waals surface area contributed by atoms with Crippen LogP contribution in [0.5, 0.6) is 17.2 Å². The predicted octanol–water partition coefficient (Wildman–Crippen LogP) is 4.46. The molecule has 3 aliphatic heterocycles. The lowest BCUT2D eigenvalue weighted by Crippen LogP contribution is -2.49. The van der Waals surface area contributed by atoms with Crippen molar-refractivity contribution in [3.8, 4) is 17.2 Å². The normalized spacial score (nSPS) is 18.2. The highest BCUT2D eigenvalue weighted by Crippen LogP contribution is 2.36. The molecule has 0 aromatic heterocycles. The second-order valence-corrected chi connectivity index (χ2v) is 12.9. The van der Waals surface area contributed by atoms with Gasteiger partial charge in [-0.2, -0.15) is 0 Å². The molecule has 10 heteroatoms. The number of para-hydroxylation sites is 1. The van der Waals surface area contributed by atoms with Gasteiger partial charge in [-0.1, -0.05) is 24.3 Å². The van der Waals surface area contributed by atoms with Crippen molar-refractivity contribution in [1.82, 2.24) is 9.80 Å². The molecule has 6 rings (SSSR count). The van der Waals surface area contributed by atoms with Gasteiger partial charge in [0.05, 0.1) is 22.5 Å². The van der Waals surface area contributed by atoms with E-state index in [0.717, 1.165) is 38.8 Å². The largest absolute Gasteiger partial charge is 0.496 e. The molecule has 0 N–H and O–H groups in total.